The number of fused-ring (bicyclic) bond motifs is 5. The van der Waals surface area contributed by atoms with E-state index in [1.165, 1.54) is 4.90 Å². The van der Waals surface area contributed by atoms with Gasteiger partial charge in [-0.25, -0.2) is 0 Å². The van der Waals surface area contributed by atoms with Crippen LogP contribution in [0.15, 0.2) is 48.7 Å². The molecule has 0 saturated carbocycles. The first-order valence-electron chi connectivity index (χ1n) is 14.1. The highest BCUT2D eigenvalue weighted by Crippen LogP contribution is 2.28. The molecule has 2 aromatic carbocycles. The van der Waals surface area contributed by atoms with Crippen LogP contribution in [-0.2, 0) is 22.7 Å². The Hall–Kier alpha value is -4.18. The number of ether oxygens (including phenoxy) is 2. The molecule has 0 aliphatic carbocycles. The summed E-state index contributed by atoms with van der Waals surface area (Å²) >= 11 is 0. The Kier molecular flexibility index (Phi) is 8.39. The summed E-state index contributed by atoms with van der Waals surface area (Å²) in [6, 6.07) is 12.5. The topological polar surface area (TPSA) is 106 Å². The van der Waals surface area contributed by atoms with E-state index in [9.17, 15) is 14.4 Å². The Morgan fingerprint density at radius 1 is 1.15 bits per heavy atom. The second kappa shape index (κ2) is 12.1. The van der Waals surface area contributed by atoms with Crippen molar-refractivity contribution in [2.24, 2.45) is 0 Å². The van der Waals surface area contributed by atoms with Gasteiger partial charge in [0.25, 0.3) is 11.8 Å². The van der Waals surface area contributed by atoms with E-state index < -0.39 is 6.04 Å². The van der Waals surface area contributed by atoms with Gasteiger partial charge in [0, 0.05) is 38.4 Å². The Balaban J connectivity index is 1.40. The highest BCUT2D eigenvalue weighted by molar-refractivity contribution is 5.97. The van der Waals surface area contributed by atoms with E-state index in [1.807, 2.05) is 44.2 Å². The van der Waals surface area contributed by atoms with E-state index in [2.05, 4.69) is 17.3 Å². The summed E-state index contributed by atoms with van der Waals surface area (Å²) in [5.74, 6) is 0.490. The smallest absolute Gasteiger partial charge is 0.257 e. The number of piperidine rings is 1. The molecule has 10 nitrogen and oxygen atoms in total. The minimum Gasteiger partial charge on any atom is -0.457 e. The van der Waals surface area contributed by atoms with Gasteiger partial charge in [-0.2, -0.15) is 5.10 Å². The van der Waals surface area contributed by atoms with Crippen LogP contribution >= 0.6 is 0 Å². The molecule has 2 aliphatic heterocycles. The summed E-state index contributed by atoms with van der Waals surface area (Å²) in [5.41, 5.74) is 3.49. The molecule has 2 aliphatic rings. The average molecular weight is 560 g/mol. The fourth-order valence-corrected chi connectivity index (χ4v) is 5.33. The van der Waals surface area contributed by atoms with Gasteiger partial charge in [0.15, 0.2) is 0 Å². The fraction of sp³-hybridized carbons (Fsp3) is 0.419. The van der Waals surface area contributed by atoms with Gasteiger partial charge in [0.05, 0.1) is 36.6 Å². The number of aromatic nitrogens is 2. The minimum atomic E-state index is -0.451. The Morgan fingerprint density at radius 2 is 1.98 bits per heavy atom. The summed E-state index contributed by atoms with van der Waals surface area (Å²) in [5, 5.41) is 7.53. The number of nitrogens with one attached hydrogen (secondary N) is 1. The number of aryl methyl sites for hydroxylation is 3. The quantitative estimate of drug-likeness (QED) is 0.525. The van der Waals surface area contributed by atoms with E-state index in [4.69, 9.17) is 9.47 Å². The Morgan fingerprint density at radius 3 is 2.78 bits per heavy atom. The van der Waals surface area contributed by atoms with Gasteiger partial charge in [-0.15, -0.1) is 0 Å². The van der Waals surface area contributed by atoms with Crippen LogP contribution in [0.2, 0.25) is 0 Å². The van der Waals surface area contributed by atoms with Crippen molar-refractivity contribution in [1.82, 2.24) is 24.9 Å². The number of carbonyl (C=O) groups is 3. The van der Waals surface area contributed by atoms with Gasteiger partial charge in [-0.1, -0.05) is 25.1 Å². The summed E-state index contributed by atoms with van der Waals surface area (Å²) in [6.07, 6.45) is 2.95. The Bertz CT molecular complexity index is 1450. The SMILES string of the molecule is CCCn1cc(C(=O)N2CC[C@@H]3OCc4cccc(c4)Oc4cc(ccc4C)C(=O)N(C)CC(=O)N[C@@H]3C2)c(C)n1. The normalized spacial score (nSPS) is 19.8. The first-order chi connectivity index (χ1) is 19.7. The average Bonchev–Trinajstić information content (AvgIpc) is 3.32. The second-order valence-electron chi connectivity index (χ2n) is 10.8. The van der Waals surface area contributed by atoms with Crippen LogP contribution < -0.4 is 10.1 Å². The molecular formula is C31H37N5O5. The molecule has 1 saturated heterocycles. The van der Waals surface area contributed by atoms with Crippen molar-refractivity contribution in [2.45, 2.75) is 58.9 Å². The summed E-state index contributed by atoms with van der Waals surface area (Å²) in [6.45, 7) is 7.52. The maximum absolute atomic E-state index is 13.5. The molecule has 1 N–H and O–H groups in total. The number of nitrogens with zero attached hydrogens (tertiary/aromatic N) is 4. The van der Waals surface area contributed by atoms with Crippen molar-refractivity contribution >= 4 is 17.7 Å². The van der Waals surface area contributed by atoms with Crippen LogP contribution in [0, 0.1) is 13.8 Å². The molecule has 0 spiro atoms. The standard InChI is InChI=1S/C31H37N5O5/c1-5-12-36-16-25(21(3)33-36)31(39)35-13-11-27-26(17-35)32-29(37)18-34(4)30(38)23-10-9-20(2)28(15-23)41-24-8-6-7-22(14-24)19-40-27/h6-10,14-16,26-27H,5,11-13,17-19H2,1-4H3,(H,32,37)/t26-,27+/m1/s1. The molecule has 0 unspecified atom stereocenters. The molecule has 4 bridgehead atoms. The van der Waals surface area contributed by atoms with E-state index in [0.29, 0.717) is 47.9 Å². The van der Waals surface area contributed by atoms with Crippen LogP contribution in [0.5, 0.6) is 11.5 Å². The van der Waals surface area contributed by atoms with Crippen molar-refractivity contribution in [3.05, 3.63) is 76.6 Å². The number of likely N-dealkylation sites (tertiary alicyclic amines) is 1. The zero-order valence-electron chi connectivity index (χ0n) is 24.1. The van der Waals surface area contributed by atoms with Crippen molar-refractivity contribution in [3.63, 3.8) is 0 Å². The fourth-order valence-electron chi connectivity index (χ4n) is 5.33. The number of amides is 3. The number of benzene rings is 2. The summed E-state index contributed by atoms with van der Waals surface area (Å²) in [7, 11) is 1.59. The van der Waals surface area contributed by atoms with Crippen LogP contribution in [0.1, 0.15) is 57.3 Å². The lowest BCUT2D eigenvalue weighted by Crippen LogP contribution is -2.58. The molecule has 216 valence electrons. The molecule has 3 heterocycles. The molecule has 41 heavy (non-hydrogen) atoms. The van der Waals surface area contributed by atoms with E-state index in [1.54, 1.807) is 35.0 Å². The second-order valence-corrected chi connectivity index (χ2v) is 10.8. The molecule has 1 aromatic heterocycles. The van der Waals surface area contributed by atoms with Crippen LogP contribution in [-0.4, -0.2) is 76.1 Å². The van der Waals surface area contributed by atoms with E-state index in [-0.39, 0.29) is 36.9 Å². The molecule has 3 amide bonds. The van der Waals surface area contributed by atoms with Crippen molar-refractivity contribution in [3.8, 4) is 11.5 Å². The summed E-state index contributed by atoms with van der Waals surface area (Å²) < 4.78 is 14.3. The number of hydrogen-bond acceptors (Lipinski definition) is 6. The third-order valence-corrected chi connectivity index (χ3v) is 7.57. The highest BCUT2D eigenvalue weighted by Gasteiger charge is 2.35. The number of carbonyl (C=O) groups excluding carboxylic acids is 3. The maximum atomic E-state index is 13.5. The summed E-state index contributed by atoms with van der Waals surface area (Å²) in [4.78, 5) is 43.0. The van der Waals surface area contributed by atoms with Gasteiger partial charge >= 0.3 is 0 Å². The lowest BCUT2D eigenvalue weighted by molar-refractivity contribution is -0.124. The van der Waals surface area contributed by atoms with Crippen molar-refractivity contribution in [2.75, 3.05) is 26.7 Å². The largest absolute Gasteiger partial charge is 0.457 e. The molecule has 10 heteroatoms. The maximum Gasteiger partial charge on any atom is 0.257 e. The van der Waals surface area contributed by atoms with Gasteiger partial charge in [0.2, 0.25) is 5.91 Å². The van der Waals surface area contributed by atoms with Gasteiger partial charge in [0.1, 0.15) is 11.5 Å². The number of rotatable bonds is 3. The van der Waals surface area contributed by atoms with Crippen molar-refractivity contribution < 1.29 is 23.9 Å². The molecule has 3 aromatic rings. The van der Waals surface area contributed by atoms with E-state index in [0.717, 1.165) is 24.1 Å². The van der Waals surface area contributed by atoms with Crippen LogP contribution in [0.3, 0.4) is 0 Å². The molecule has 2 atom stereocenters. The lowest BCUT2D eigenvalue weighted by atomic mass is 10.0. The van der Waals surface area contributed by atoms with Crippen LogP contribution in [0.25, 0.3) is 0 Å². The predicted octanol–water partition coefficient (Wildman–Crippen LogP) is 3.70. The van der Waals surface area contributed by atoms with Crippen molar-refractivity contribution in [1.29, 1.82) is 0 Å². The molecule has 0 radical (unpaired) electrons. The van der Waals surface area contributed by atoms with E-state index >= 15 is 0 Å². The Labute approximate surface area is 240 Å². The van der Waals surface area contributed by atoms with Crippen LogP contribution in [0.4, 0.5) is 0 Å². The number of hydrogen-bond donors (Lipinski definition) is 1. The third kappa shape index (κ3) is 6.43. The first-order valence-corrected chi connectivity index (χ1v) is 14.1. The predicted molar refractivity (Wildman–Crippen MR) is 153 cm³/mol. The number of likely N-dealkylation sites (N-methyl/N-ethyl adjacent to an activating group) is 1. The monoisotopic (exact) mass is 559 g/mol. The molecular weight excluding hydrogens is 522 g/mol. The first kappa shape index (κ1) is 28.4. The van der Waals surface area contributed by atoms with Gasteiger partial charge in [-0.3, -0.25) is 19.1 Å². The van der Waals surface area contributed by atoms with Gasteiger partial charge in [-0.05, 0) is 62.1 Å². The van der Waals surface area contributed by atoms with Gasteiger partial charge < -0.3 is 24.6 Å². The zero-order chi connectivity index (χ0) is 29.1. The minimum absolute atomic E-state index is 0.114. The lowest BCUT2D eigenvalue weighted by Gasteiger charge is -2.39. The zero-order valence-corrected chi connectivity index (χ0v) is 24.1. The molecule has 1 fully saturated rings. The molecule has 5 rings (SSSR count). The highest BCUT2D eigenvalue weighted by atomic mass is 16.5. The third-order valence-electron chi connectivity index (χ3n) is 7.57.